The van der Waals surface area contributed by atoms with Crippen molar-refractivity contribution >= 4 is 16.0 Å². The van der Waals surface area contributed by atoms with E-state index >= 15 is 0 Å². The van der Waals surface area contributed by atoms with E-state index in [1.165, 1.54) is 18.2 Å². The number of hydrogen-bond donors (Lipinski definition) is 2. The molecule has 2 aromatic rings. The van der Waals surface area contributed by atoms with Crippen LogP contribution in [0.5, 0.6) is 5.75 Å². The van der Waals surface area contributed by atoms with Gasteiger partial charge in [0.2, 0.25) is 10.0 Å². The molecule has 0 spiro atoms. The zero-order chi connectivity index (χ0) is 26.2. The molecule has 0 amide bonds. The summed E-state index contributed by atoms with van der Waals surface area (Å²) < 4.78 is 111. The normalized spacial score (nSPS) is 22.1. The number of halogens is 6. The first-order valence-corrected chi connectivity index (χ1v) is 11.4. The molecule has 0 bridgehead atoms. The van der Waals surface area contributed by atoms with E-state index < -0.39 is 76.4 Å². The fourth-order valence-corrected chi connectivity index (χ4v) is 5.46. The van der Waals surface area contributed by atoms with Crippen LogP contribution >= 0.6 is 0 Å². The van der Waals surface area contributed by atoms with Gasteiger partial charge in [0.15, 0.2) is 0 Å². The minimum Gasteiger partial charge on any atom is -0.489 e. The van der Waals surface area contributed by atoms with Crippen molar-refractivity contribution in [2.75, 3.05) is 6.54 Å². The number of sulfonamides is 1. The van der Waals surface area contributed by atoms with Gasteiger partial charge < -0.3 is 14.9 Å². The second-order valence-corrected chi connectivity index (χ2v) is 9.70. The van der Waals surface area contributed by atoms with E-state index in [-0.39, 0.29) is 15.6 Å². The lowest BCUT2D eigenvalue weighted by Crippen LogP contribution is -2.59. The number of aliphatic hydroxyl groups excluding tert-OH is 1. The fourth-order valence-electron chi connectivity index (χ4n) is 3.80. The van der Waals surface area contributed by atoms with Crippen molar-refractivity contribution in [3.8, 4) is 5.75 Å². The molecule has 0 radical (unpaired) electrons. The van der Waals surface area contributed by atoms with Crippen molar-refractivity contribution in [1.29, 1.82) is 0 Å². The van der Waals surface area contributed by atoms with E-state index in [9.17, 15) is 49.8 Å². The highest BCUT2D eigenvalue weighted by atomic mass is 32.2. The Morgan fingerprint density at radius 1 is 1.03 bits per heavy atom. The highest BCUT2D eigenvalue weighted by Gasteiger charge is 2.56. The predicted molar refractivity (Wildman–Crippen MR) is 108 cm³/mol. The van der Waals surface area contributed by atoms with Crippen molar-refractivity contribution in [2.24, 2.45) is 5.92 Å². The van der Waals surface area contributed by atoms with Crippen LogP contribution in [0.25, 0.3) is 0 Å². The number of ether oxygens (including phenoxy) is 1. The molecule has 3 rings (SSSR count). The molecule has 1 aliphatic heterocycles. The second kappa shape index (κ2) is 9.66. The molecule has 1 fully saturated rings. The first kappa shape index (κ1) is 26.8. The molecule has 2 aromatic carbocycles. The predicted octanol–water partition coefficient (Wildman–Crippen LogP) is 3.67. The van der Waals surface area contributed by atoms with Crippen LogP contribution in [0.3, 0.4) is 0 Å². The smallest absolute Gasteiger partial charge is 0.416 e. The van der Waals surface area contributed by atoms with E-state index in [0.717, 1.165) is 30.3 Å². The Balaban J connectivity index is 1.84. The lowest BCUT2D eigenvalue weighted by Gasteiger charge is -2.40. The summed E-state index contributed by atoms with van der Waals surface area (Å²) in [6.07, 6.45) is -12.4. The summed E-state index contributed by atoms with van der Waals surface area (Å²) in [5, 5.41) is 19.2. The standard InChI is InChI=1S/C21H19F6NO6S/c22-20(23,24)16-4-2-1-3-12(16)11-34-14-5-7-15(8-6-14)35(32,33)28-10-13(29)9-17(21(25,26)27)18(28)19(30)31/h1-8,13,17-18,29H,9-11H2,(H,30,31). The number of β-amino-alcohol motifs (C(OH)–C–C–N with tert-alkyl or cyclic N) is 1. The minimum absolute atomic E-state index is 0.0393. The molecule has 0 saturated carbocycles. The second-order valence-electron chi connectivity index (χ2n) is 7.81. The third kappa shape index (κ3) is 5.87. The molecule has 3 atom stereocenters. The van der Waals surface area contributed by atoms with E-state index in [4.69, 9.17) is 4.74 Å². The third-order valence-electron chi connectivity index (χ3n) is 5.43. The topological polar surface area (TPSA) is 104 Å². The lowest BCUT2D eigenvalue weighted by molar-refractivity contribution is -0.210. The van der Waals surface area contributed by atoms with Gasteiger partial charge in [-0.3, -0.25) is 4.79 Å². The van der Waals surface area contributed by atoms with Gasteiger partial charge in [-0.25, -0.2) is 8.42 Å². The number of carbonyl (C=O) groups is 1. The number of piperidine rings is 1. The number of hydrogen-bond acceptors (Lipinski definition) is 5. The van der Waals surface area contributed by atoms with Crippen LogP contribution in [0, 0.1) is 5.92 Å². The van der Waals surface area contributed by atoms with E-state index in [1.807, 2.05) is 0 Å². The number of rotatable bonds is 6. The van der Waals surface area contributed by atoms with Gasteiger partial charge in [0, 0.05) is 12.1 Å². The Morgan fingerprint density at radius 3 is 2.17 bits per heavy atom. The Morgan fingerprint density at radius 2 is 1.63 bits per heavy atom. The van der Waals surface area contributed by atoms with E-state index in [2.05, 4.69) is 0 Å². The highest BCUT2D eigenvalue weighted by molar-refractivity contribution is 7.89. The van der Waals surface area contributed by atoms with Gasteiger partial charge in [0.25, 0.3) is 0 Å². The maximum Gasteiger partial charge on any atom is 0.416 e. The van der Waals surface area contributed by atoms with Crippen molar-refractivity contribution in [3.05, 3.63) is 59.7 Å². The molecule has 0 aliphatic carbocycles. The number of carboxylic acids is 1. The number of aliphatic hydroxyl groups is 1. The lowest BCUT2D eigenvalue weighted by atomic mass is 9.89. The molecule has 2 N–H and O–H groups in total. The Kier molecular flexibility index (Phi) is 7.39. The number of alkyl halides is 6. The van der Waals surface area contributed by atoms with Gasteiger partial charge >= 0.3 is 18.3 Å². The van der Waals surface area contributed by atoms with Crippen molar-refractivity contribution in [2.45, 2.75) is 42.4 Å². The van der Waals surface area contributed by atoms with Gasteiger partial charge in [-0.15, -0.1) is 0 Å². The molecule has 3 unspecified atom stereocenters. The largest absolute Gasteiger partial charge is 0.489 e. The minimum atomic E-state index is -5.08. The summed E-state index contributed by atoms with van der Waals surface area (Å²) in [7, 11) is -4.80. The van der Waals surface area contributed by atoms with Crippen LogP contribution in [0.4, 0.5) is 26.3 Å². The van der Waals surface area contributed by atoms with Crippen molar-refractivity contribution in [1.82, 2.24) is 4.31 Å². The quantitative estimate of drug-likeness (QED) is 0.556. The molecule has 35 heavy (non-hydrogen) atoms. The van der Waals surface area contributed by atoms with Crippen LogP contribution in [-0.2, 0) is 27.6 Å². The zero-order valence-corrected chi connectivity index (χ0v) is 18.4. The monoisotopic (exact) mass is 527 g/mol. The van der Waals surface area contributed by atoms with Crippen molar-refractivity contribution in [3.63, 3.8) is 0 Å². The van der Waals surface area contributed by atoms with Crippen LogP contribution < -0.4 is 4.74 Å². The van der Waals surface area contributed by atoms with Gasteiger partial charge in [-0.2, -0.15) is 30.6 Å². The zero-order valence-electron chi connectivity index (χ0n) is 17.6. The maximum absolute atomic E-state index is 13.4. The van der Waals surface area contributed by atoms with Crippen LogP contribution in [-0.4, -0.2) is 53.8 Å². The average Bonchev–Trinajstić information content (AvgIpc) is 2.76. The molecule has 0 aromatic heterocycles. The van der Waals surface area contributed by atoms with Crippen LogP contribution in [0.15, 0.2) is 53.4 Å². The van der Waals surface area contributed by atoms with Gasteiger partial charge in [-0.1, -0.05) is 18.2 Å². The third-order valence-corrected chi connectivity index (χ3v) is 7.29. The van der Waals surface area contributed by atoms with Gasteiger partial charge in [-0.05, 0) is 36.8 Å². The summed E-state index contributed by atoms with van der Waals surface area (Å²) in [6.45, 7) is -1.37. The molecule has 7 nitrogen and oxygen atoms in total. The molecular formula is C21H19F6NO6S. The molecule has 1 heterocycles. The number of benzene rings is 2. The summed E-state index contributed by atoms with van der Waals surface area (Å²) in [6, 6.07) is 6.15. The van der Waals surface area contributed by atoms with Gasteiger partial charge in [0.1, 0.15) is 18.4 Å². The van der Waals surface area contributed by atoms with Crippen LogP contribution in [0.1, 0.15) is 17.5 Å². The summed E-state index contributed by atoms with van der Waals surface area (Å²) in [4.78, 5) is 11.0. The van der Waals surface area contributed by atoms with Crippen molar-refractivity contribution < 1.29 is 54.5 Å². The first-order valence-electron chi connectivity index (χ1n) is 9.99. The summed E-state index contributed by atoms with van der Waals surface area (Å²) >= 11 is 0. The Bertz CT molecular complexity index is 1170. The molecule has 14 heteroatoms. The molecule has 1 aliphatic rings. The van der Waals surface area contributed by atoms with E-state index in [0.29, 0.717) is 0 Å². The van der Waals surface area contributed by atoms with Gasteiger partial charge in [0.05, 0.1) is 22.5 Å². The number of aliphatic carboxylic acids is 1. The molecule has 192 valence electrons. The Labute approximate surface area is 195 Å². The number of carboxylic acid groups (broad SMARTS) is 1. The summed E-state index contributed by atoms with van der Waals surface area (Å²) in [5.74, 6) is -4.69. The average molecular weight is 527 g/mol. The summed E-state index contributed by atoms with van der Waals surface area (Å²) in [5.41, 5.74) is -1.09. The fraction of sp³-hybridized carbons (Fsp3) is 0.381. The SMILES string of the molecule is O=C(O)C1C(C(F)(F)F)CC(O)CN1S(=O)(=O)c1ccc(OCc2ccccc2C(F)(F)F)cc1. The van der Waals surface area contributed by atoms with Crippen LogP contribution in [0.2, 0.25) is 0 Å². The molecule has 1 saturated heterocycles. The van der Waals surface area contributed by atoms with E-state index in [1.54, 1.807) is 0 Å². The Hall–Kier alpha value is -2.84. The molecular weight excluding hydrogens is 508 g/mol. The highest BCUT2D eigenvalue weighted by Crippen LogP contribution is 2.40. The maximum atomic E-state index is 13.4. The first-order chi connectivity index (χ1) is 16.1. The number of nitrogens with zero attached hydrogens (tertiary/aromatic N) is 1.